The first-order valence-corrected chi connectivity index (χ1v) is 11.5. The summed E-state index contributed by atoms with van der Waals surface area (Å²) >= 11 is 0. The third-order valence-corrected chi connectivity index (χ3v) is 6.36. The van der Waals surface area contributed by atoms with Gasteiger partial charge in [-0.3, -0.25) is 0 Å². The largest absolute Gasteiger partial charge is 0.370 e. The van der Waals surface area contributed by atoms with Crippen molar-refractivity contribution in [1.29, 1.82) is 0 Å². The van der Waals surface area contributed by atoms with E-state index in [0.29, 0.717) is 53.6 Å². The van der Waals surface area contributed by atoms with Gasteiger partial charge in [0.25, 0.3) is 0 Å². The van der Waals surface area contributed by atoms with Gasteiger partial charge in [0.2, 0.25) is 11.8 Å². The van der Waals surface area contributed by atoms with Crippen LogP contribution in [0.25, 0.3) is 0 Å². The number of nitrogens with zero attached hydrogens (tertiary/aromatic N) is 4. The summed E-state index contributed by atoms with van der Waals surface area (Å²) in [6.45, 7) is 6.73. The van der Waals surface area contributed by atoms with E-state index in [4.69, 9.17) is 9.72 Å². The van der Waals surface area contributed by atoms with Crippen LogP contribution in [0.5, 0.6) is 0 Å². The normalized spacial score (nSPS) is 28.0. The van der Waals surface area contributed by atoms with Crippen LogP contribution in [0.2, 0.25) is 0 Å². The average molecular weight is 469 g/mol. The van der Waals surface area contributed by atoms with Gasteiger partial charge in [-0.2, -0.15) is 9.98 Å². The Kier molecular flexibility index (Phi) is 6.09. The van der Waals surface area contributed by atoms with Crippen molar-refractivity contribution >= 4 is 23.9 Å². The number of allylic oxidation sites excluding steroid dienone is 7. The maximum atomic E-state index is 15.0. The number of aliphatic imine (C=N–C) groups is 1. The van der Waals surface area contributed by atoms with Crippen LogP contribution in [0.1, 0.15) is 51.0 Å². The summed E-state index contributed by atoms with van der Waals surface area (Å²) in [7, 11) is 0. The maximum Gasteiger partial charge on any atom is 0.231 e. The topological polar surface area (TPSA) is 88.2 Å². The number of hydrogen-bond acceptors (Lipinski definition) is 7. The molecule has 3 N–H and O–H groups in total. The first-order chi connectivity index (χ1) is 16.4. The predicted molar refractivity (Wildman–Crippen MR) is 127 cm³/mol. The van der Waals surface area contributed by atoms with Crippen molar-refractivity contribution in [2.75, 3.05) is 17.2 Å². The van der Waals surface area contributed by atoms with Gasteiger partial charge in [0.15, 0.2) is 18.2 Å². The van der Waals surface area contributed by atoms with Crippen LogP contribution in [-0.2, 0) is 11.3 Å². The number of fused-ring (bicyclic) bond motifs is 1. The molecule has 0 saturated heterocycles. The Balaban J connectivity index is 1.43. The summed E-state index contributed by atoms with van der Waals surface area (Å²) in [6, 6.07) is 0. The van der Waals surface area contributed by atoms with Gasteiger partial charge in [-0.1, -0.05) is 18.1 Å². The van der Waals surface area contributed by atoms with Crippen LogP contribution in [-0.4, -0.2) is 34.9 Å². The van der Waals surface area contributed by atoms with Crippen molar-refractivity contribution in [3.63, 3.8) is 0 Å². The molecule has 8 nitrogen and oxygen atoms in total. The molecule has 0 aromatic carbocycles. The zero-order valence-electron chi connectivity index (χ0n) is 19.4. The highest BCUT2D eigenvalue weighted by atomic mass is 19.1. The molecule has 4 aliphatic rings. The van der Waals surface area contributed by atoms with Crippen LogP contribution in [0.4, 0.5) is 20.5 Å². The first kappa shape index (κ1) is 22.5. The van der Waals surface area contributed by atoms with Gasteiger partial charge in [0.1, 0.15) is 17.7 Å². The zero-order chi connectivity index (χ0) is 23.8. The van der Waals surface area contributed by atoms with E-state index in [1.165, 1.54) is 12.4 Å². The van der Waals surface area contributed by atoms with Gasteiger partial charge in [-0.15, -0.1) is 5.01 Å². The van der Waals surface area contributed by atoms with E-state index >= 15 is 4.39 Å². The van der Waals surface area contributed by atoms with Gasteiger partial charge < -0.3 is 15.4 Å². The van der Waals surface area contributed by atoms with Gasteiger partial charge >= 0.3 is 0 Å². The minimum atomic E-state index is -1.21. The summed E-state index contributed by atoms with van der Waals surface area (Å²) in [6.07, 6.45) is 7.46. The number of halogens is 2. The summed E-state index contributed by atoms with van der Waals surface area (Å²) in [5.74, 6) is 1.46. The molecule has 5 rings (SSSR count). The first-order valence-electron chi connectivity index (χ1n) is 11.5. The van der Waals surface area contributed by atoms with E-state index in [1.54, 1.807) is 12.2 Å². The molecule has 178 valence electrons. The van der Waals surface area contributed by atoms with E-state index < -0.39 is 6.17 Å². The van der Waals surface area contributed by atoms with Gasteiger partial charge in [-0.25, -0.2) is 13.8 Å². The van der Waals surface area contributed by atoms with E-state index in [9.17, 15) is 4.39 Å². The fourth-order valence-corrected chi connectivity index (χ4v) is 4.56. The Hall–Kier alpha value is -3.24. The highest BCUT2D eigenvalue weighted by Gasteiger charge is 2.35. The van der Waals surface area contributed by atoms with Gasteiger partial charge in [0.05, 0.1) is 12.3 Å². The molecular weight excluding hydrogens is 440 g/mol. The molecule has 4 atom stereocenters. The lowest BCUT2D eigenvalue weighted by atomic mass is 9.90. The van der Waals surface area contributed by atoms with Crippen LogP contribution in [0, 0.1) is 5.92 Å². The predicted octanol–water partition coefficient (Wildman–Crippen LogP) is 3.48. The molecule has 0 spiro atoms. The van der Waals surface area contributed by atoms with Crippen molar-refractivity contribution in [3.05, 3.63) is 58.4 Å². The second-order valence-electron chi connectivity index (χ2n) is 8.80. The standard InChI is InChI=1S/C24H27F2N7O/c1-4-27-23-17-11-34-22(15-5-7-18(25)13(2)9-15)21(17)31-24(32-23)30-16-6-8-20(19(26)10-16)33-14(3)28-12-29-33/h5-8,12-13,19,22H,4,9-11H2,1-3H3,(H2,27,30,31,32)/p+1. The van der Waals surface area contributed by atoms with Crippen molar-refractivity contribution in [2.45, 2.75) is 52.5 Å². The van der Waals surface area contributed by atoms with Gasteiger partial charge in [0, 0.05) is 43.1 Å². The van der Waals surface area contributed by atoms with Crippen LogP contribution < -0.4 is 15.6 Å². The minimum absolute atomic E-state index is 0.124. The molecule has 10 heteroatoms. The summed E-state index contributed by atoms with van der Waals surface area (Å²) < 4.78 is 35.0. The Morgan fingerprint density at radius 3 is 2.74 bits per heavy atom. The highest BCUT2D eigenvalue weighted by Crippen LogP contribution is 2.42. The van der Waals surface area contributed by atoms with E-state index in [2.05, 4.69) is 25.7 Å². The van der Waals surface area contributed by atoms with Crippen LogP contribution >= 0.6 is 0 Å². The number of amidine groups is 1. The Morgan fingerprint density at radius 2 is 2.03 bits per heavy atom. The monoisotopic (exact) mass is 468 g/mol. The number of ether oxygens (including phenoxy) is 1. The lowest BCUT2D eigenvalue weighted by Gasteiger charge is -2.22. The number of alkyl halides is 1. The Labute approximate surface area is 196 Å². The number of anilines is 2. The lowest BCUT2D eigenvalue weighted by molar-refractivity contribution is -0.771. The fraction of sp³-hybridized carbons (Fsp3) is 0.417. The number of aromatic nitrogens is 2. The van der Waals surface area contributed by atoms with Gasteiger partial charge in [-0.05, 0) is 31.1 Å². The van der Waals surface area contributed by atoms with E-state index in [0.717, 1.165) is 16.8 Å². The SMILES string of the molecule is CCNc1nc(NC2=CC=C([NH+]3N=CN=C3C)C(F)C2)nc2c1COC2C1=CC=C(F)C(C)C1. The number of nitrogens with one attached hydrogen (secondary N) is 3. The van der Waals surface area contributed by atoms with Crippen molar-refractivity contribution in [1.82, 2.24) is 9.97 Å². The summed E-state index contributed by atoms with van der Waals surface area (Å²) in [5, 5.41) is 11.2. The maximum absolute atomic E-state index is 15.0. The van der Waals surface area contributed by atoms with Crippen molar-refractivity contribution in [3.8, 4) is 0 Å². The lowest BCUT2D eigenvalue weighted by Crippen LogP contribution is -3.08. The van der Waals surface area contributed by atoms with E-state index in [-0.39, 0.29) is 24.3 Å². The third-order valence-electron chi connectivity index (χ3n) is 6.36. The smallest absolute Gasteiger partial charge is 0.231 e. The molecule has 0 saturated carbocycles. The Morgan fingerprint density at radius 1 is 1.18 bits per heavy atom. The molecule has 34 heavy (non-hydrogen) atoms. The molecule has 2 aliphatic carbocycles. The molecular formula is C24H28F2N7O+. The van der Waals surface area contributed by atoms with Crippen molar-refractivity contribution < 1.29 is 18.5 Å². The summed E-state index contributed by atoms with van der Waals surface area (Å²) in [4.78, 5) is 13.5. The van der Waals surface area contributed by atoms with E-state index in [1.807, 2.05) is 26.8 Å². The Bertz CT molecular complexity index is 1180. The molecule has 1 aromatic rings. The highest BCUT2D eigenvalue weighted by molar-refractivity contribution is 5.83. The van der Waals surface area contributed by atoms with Crippen LogP contribution in [0.3, 0.4) is 0 Å². The zero-order valence-corrected chi connectivity index (χ0v) is 19.4. The third kappa shape index (κ3) is 4.19. The molecule has 0 radical (unpaired) electrons. The second kappa shape index (κ2) is 9.19. The second-order valence-corrected chi connectivity index (χ2v) is 8.80. The molecule has 0 fully saturated rings. The number of rotatable bonds is 6. The molecule has 4 unspecified atom stereocenters. The van der Waals surface area contributed by atoms with Crippen LogP contribution in [0.15, 0.2) is 57.2 Å². The van der Waals surface area contributed by atoms with Crippen molar-refractivity contribution in [2.24, 2.45) is 16.0 Å². The molecule has 3 heterocycles. The fourth-order valence-electron chi connectivity index (χ4n) is 4.56. The molecule has 1 aromatic heterocycles. The molecule has 0 amide bonds. The molecule has 0 bridgehead atoms. The quantitative estimate of drug-likeness (QED) is 0.595. The number of quaternary nitrogens is 1. The average Bonchev–Trinajstić information content (AvgIpc) is 3.42. The number of hydrogen-bond donors (Lipinski definition) is 3. The molecule has 2 aliphatic heterocycles. The minimum Gasteiger partial charge on any atom is -0.370 e. The summed E-state index contributed by atoms with van der Waals surface area (Å²) in [5.41, 5.74) is 3.83.